The zero-order valence-corrected chi connectivity index (χ0v) is 18.6. The highest BCUT2D eigenvalue weighted by molar-refractivity contribution is 7.89. The Labute approximate surface area is 178 Å². The number of piperidine rings is 1. The lowest BCUT2D eigenvalue weighted by Gasteiger charge is -2.30. The molecule has 1 N–H and O–H groups in total. The van der Waals surface area contributed by atoms with Gasteiger partial charge in [0.2, 0.25) is 15.9 Å². The van der Waals surface area contributed by atoms with E-state index in [1.807, 2.05) is 0 Å². The van der Waals surface area contributed by atoms with Crippen LogP contribution in [0.5, 0.6) is 0 Å². The number of hydrogen-bond acceptors (Lipinski definition) is 9. The average molecular weight is 457 g/mol. The van der Waals surface area contributed by atoms with E-state index in [-0.39, 0.29) is 48.0 Å². The van der Waals surface area contributed by atoms with Crippen molar-refractivity contribution in [3.05, 3.63) is 22.5 Å². The van der Waals surface area contributed by atoms with Crippen molar-refractivity contribution in [2.75, 3.05) is 25.0 Å². The topological polar surface area (TPSA) is 132 Å². The largest absolute Gasteiger partial charge is 0.466 e. The molecule has 0 bridgehead atoms. The SMILES string of the molecule is CCOC(=O)Cc1csc(NC(=O)C2CCN(S(=O)(=O)c3c(C)noc3C)CC2)n1. The first-order valence-electron chi connectivity index (χ1n) is 9.56. The van der Waals surface area contributed by atoms with Gasteiger partial charge >= 0.3 is 5.97 Å². The minimum atomic E-state index is -3.71. The number of amides is 1. The van der Waals surface area contributed by atoms with Crippen LogP contribution in [0.1, 0.15) is 36.9 Å². The number of anilines is 1. The van der Waals surface area contributed by atoms with Crippen molar-refractivity contribution < 1.29 is 27.3 Å². The highest BCUT2D eigenvalue weighted by atomic mass is 32.2. The van der Waals surface area contributed by atoms with Gasteiger partial charge in [-0.25, -0.2) is 13.4 Å². The summed E-state index contributed by atoms with van der Waals surface area (Å²) in [5.74, 6) is -0.637. The average Bonchev–Trinajstić information content (AvgIpc) is 3.27. The van der Waals surface area contributed by atoms with Crippen LogP contribution >= 0.6 is 11.3 Å². The molecule has 0 unspecified atom stereocenters. The number of esters is 1. The number of ether oxygens (including phenoxy) is 1. The third-order valence-corrected chi connectivity index (χ3v) is 7.75. The molecule has 10 nitrogen and oxygen atoms in total. The second-order valence-electron chi connectivity index (χ2n) is 6.95. The fourth-order valence-electron chi connectivity index (χ4n) is 3.34. The van der Waals surface area contributed by atoms with Crippen LogP contribution in [-0.2, 0) is 30.8 Å². The molecule has 0 aromatic carbocycles. The summed E-state index contributed by atoms with van der Waals surface area (Å²) in [6.45, 7) is 5.66. The van der Waals surface area contributed by atoms with E-state index >= 15 is 0 Å². The second kappa shape index (κ2) is 9.23. The third-order valence-electron chi connectivity index (χ3n) is 4.80. The monoisotopic (exact) mass is 456 g/mol. The summed E-state index contributed by atoms with van der Waals surface area (Å²) in [5.41, 5.74) is 0.865. The van der Waals surface area contributed by atoms with Gasteiger partial charge in [-0.3, -0.25) is 9.59 Å². The molecule has 0 spiro atoms. The predicted molar refractivity (Wildman–Crippen MR) is 109 cm³/mol. The van der Waals surface area contributed by atoms with Gasteiger partial charge in [0.25, 0.3) is 0 Å². The Bertz CT molecular complexity index is 1000. The molecule has 2 aromatic rings. The Morgan fingerprint density at radius 1 is 1.33 bits per heavy atom. The summed E-state index contributed by atoms with van der Waals surface area (Å²) in [5, 5.41) is 8.58. The fraction of sp³-hybridized carbons (Fsp3) is 0.556. The number of hydrogen-bond donors (Lipinski definition) is 1. The minimum absolute atomic E-state index is 0.0537. The minimum Gasteiger partial charge on any atom is -0.466 e. The summed E-state index contributed by atoms with van der Waals surface area (Å²) in [6, 6.07) is 0. The summed E-state index contributed by atoms with van der Waals surface area (Å²) < 4.78 is 37.0. The van der Waals surface area contributed by atoms with Gasteiger partial charge in [-0.15, -0.1) is 11.3 Å². The van der Waals surface area contributed by atoms with E-state index in [1.165, 1.54) is 15.6 Å². The number of aromatic nitrogens is 2. The molecule has 30 heavy (non-hydrogen) atoms. The standard InChI is InChI=1S/C18H24N4O6S2/c1-4-27-15(23)9-14-10-29-18(19-14)20-17(24)13-5-7-22(8-6-13)30(25,26)16-11(2)21-28-12(16)3/h10,13H,4-9H2,1-3H3,(H,19,20,24). The molecule has 12 heteroatoms. The van der Waals surface area contributed by atoms with Gasteiger partial charge < -0.3 is 14.6 Å². The van der Waals surface area contributed by atoms with Crippen molar-refractivity contribution in [3.63, 3.8) is 0 Å². The Hall–Kier alpha value is -2.31. The first kappa shape index (κ1) is 22.4. The van der Waals surface area contributed by atoms with Gasteiger partial charge in [0, 0.05) is 24.4 Å². The van der Waals surface area contributed by atoms with Crippen LogP contribution in [-0.4, -0.2) is 54.4 Å². The Morgan fingerprint density at radius 2 is 2.03 bits per heavy atom. The number of carbonyl (C=O) groups excluding carboxylic acids is 2. The van der Waals surface area contributed by atoms with Crippen molar-refractivity contribution in [1.29, 1.82) is 0 Å². The fourth-order valence-corrected chi connectivity index (χ4v) is 5.82. The van der Waals surface area contributed by atoms with Gasteiger partial charge in [-0.1, -0.05) is 5.16 Å². The van der Waals surface area contributed by atoms with Crippen LogP contribution in [0.3, 0.4) is 0 Å². The Balaban J connectivity index is 1.56. The summed E-state index contributed by atoms with van der Waals surface area (Å²) in [4.78, 5) is 28.4. The molecule has 0 atom stereocenters. The number of aryl methyl sites for hydroxylation is 2. The zero-order chi connectivity index (χ0) is 21.9. The molecule has 1 saturated heterocycles. The molecule has 1 fully saturated rings. The first-order valence-corrected chi connectivity index (χ1v) is 11.9. The van der Waals surface area contributed by atoms with E-state index in [2.05, 4.69) is 15.5 Å². The highest BCUT2D eigenvalue weighted by Gasteiger charge is 2.35. The molecule has 1 amide bonds. The summed E-state index contributed by atoms with van der Waals surface area (Å²) in [6.07, 6.45) is 0.850. The lowest BCUT2D eigenvalue weighted by molar-refractivity contribution is -0.142. The van der Waals surface area contributed by atoms with Crippen LogP contribution in [0.25, 0.3) is 0 Å². The van der Waals surface area contributed by atoms with Crippen molar-refractivity contribution in [2.24, 2.45) is 5.92 Å². The number of sulfonamides is 1. The number of thiazole rings is 1. The van der Waals surface area contributed by atoms with Crippen molar-refractivity contribution in [1.82, 2.24) is 14.4 Å². The number of nitrogens with one attached hydrogen (secondary N) is 1. The van der Waals surface area contributed by atoms with Crippen LogP contribution in [0, 0.1) is 19.8 Å². The lowest BCUT2D eigenvalue weighted by Crippen LogP contribution is -2.41. The van der Waals surface area contributed by atoms with Crippen molar-refractivity contribution >= 4 is 38.4 Å². The maximum atomic E-state index is 12.9. The normalized spacial score (nSPS) is 15.8. The van der Waals surface area contributed by atoms with Gasteiger partial charge in [0.05, 0.1) is 18.7 Å². The quantitative estimate of drug-likeness (QED) is 0.625. The molecular weight excluding hydrogens is 432 g/mol. The molecule has 3 heterocycles. The van der Waals surface area contributed by atoms with Crippen LogP contribution < -0.4 is 5.32 Å². The highest BCUT2D eigenvalue weighted by Crippen LogP contribution is 2.28. The van der Waals surface area contributed by atoms with E-state index in [0.717, 1.165) is 0 Å². The molecule has 1 aliphatic heterocycles. The predicted octanol–water partition coefficient (Wildman–Crippen LogP) is 1.89. The van der Waals surface area contributed by atoms with E-state index in [9.17, 15) is 18.0 Å². The Morgan fingerprint density at radius 3 is 2.63 bits per heavy atom. The maximum Gasteiger partial charge on any atom is 0.311 e. The number of rotatable bonds is 7. The summed E-state index contributed by atoms with van der Waals surface area (Å²) in [7, 11) is -3.71. The number of carbonyl (C=O) groups is 2. The van der Waals surface area contributed by atoms with Gasteiger partial charge in [-0.05, 0) is 33.6 Å². The smallest absolute Gasteiger partial charge is 0.311 e. The molecule has 3 rings (SSSR count). The van der Waals surface area contributed by atoms with Gasteiger partial charge in [-0.2, -0.15) is 4.31 Å². The molecule has 1 aliphatic rings. The second-order valence-corrected chi connectivity index (χ2v) is 9.68. The zero-order valence-electron chi connectivity index (χ0n) is 17.0. The molecule has 0 saturated carbocycles. The Kier molecular flexibility index (Phi) is 6.88. The molecule has 0 radical (unpaired) electrons. The van der Waals surface area contributed by atoms with Gasteiger partial charge in [0.15, 0.2) is 10.9 Å². The molecule has 164 valence electrons. The van der Waals surface area contributed by atoms with Gasteiger partial charge in [0.1, 0.15) is 10.6 Å². The van der Waals surface area contributed by atoms with E-state index < -0.39 is 10.0 Å². The van der Waals surface area contributed by atoms with E-state index in [0.29, 0.717) is 36.0 Å². The van der Waals surface area contributed by atoms with E-state index in [4.69, 9.17) is 9.26 Å². The number of nitrogens with zero attached hydrogens (tertiary/aromatic N) is 3. The molecule has 2 aromatic heterocycles. The van der Waals surface area contributed by atoms with Crippen molar-refractivity contribution in [2.45, 2.75) is 44.9 Å². The molecule has 0 aliphatic carbocycles. The van der Waals surface area contributed by atoms with Crippen LogP contribution in [0.4, 0.5) is 5.13 Å². The third kappa shape index (κ3) is 4.87. The maximum absolute atomic E-state index is 12.9. The lowest BCUT2D eigenvalue weighted by atomic mass is 9.97. The molecular formula is C18H24N4O6S2. The first-order chi connectivity index (χ1) is 14.2. The van der Waals surface area contributed by atoms with Crippen LogP contribution in [0.15, 0.2) is 14.8 Å². The summed E-state index contributed by atoms with van der Waals surface area (Å²) >= 11 is 1.23. The van der Waals surface area contributed by atoms with E-state index in [1.54, 1.807) is 26.2 Å². The van der Waals surface area contributed by atoms with Crippen molar-refractivity contribution in [3.8, 4) is 0 Å². The van der Waals surface area contributed by atoms with Crippen LogP contribution in [0.2, 0.25) is 0 Å².